The van der Waals surface area contributed by atoms with Gasteiger partial charge >= 0.3 is 0 Å². The Kier molecular flexibility index (Phi) is 4.91. The highest BCUT2D eigenvalue weighted by Gasteiger charge is 2.24. The number of benzene rings is 1. The van der Waals surface area contributed by atoms with Crippen molar-refractivity contribution in [3.8, 4) is 0 Å². The summed E-state index contributed by atoms with van der Waals surface area (Å²) in [6.45, 7) is 7.16. The third-order valence-electron chi connectivity index (χ3n) is 3.75. The summed E-state index contributed by atoms with van der Waals surface area (Å²) in [6, 6.07) is 5.01. The molecule has 0 bridgehead atoms. The normalized spacial score (nSPS) is 23.1. The zero-order valence-corrected chi connectivity index (χ0v) is 11.7. The second kappa shape index (κ2) is 6.46. The number of hydrogen-bond donors (Lipinski definition) is 1. The molecule has 0 amide bonds. The van der Waals surface area contributed by atoms with E-state index in [4.69, 9.17) is 10.5 Å². The smallest absolute Gasteiger partial charge is 0.123 e. The summed E-state index contributed by atoms with van der Waals surface area (Å²) in [5, 5.41) is 0. The monoisotopic (exact) mass is 266 g/mol. The SMILES string of the molecule is Cc1ccc(F)cc1C(CN)N1CCCOC(C)C1. The van der Waals surface area contributed by atoms with Crippen molar-refractivity contribution in [3.05, 3.63) is 35.1 Å². The van der Waals surface area contributed by atoms with Crippen LogP contribution in [0.25, 0.3) is 0 Å². The molecule has 1 aliphatic rings. The molecule has 19 heavy (non-hydrogen) atoms. The van der Waals surface area contributed by atoms with Crippen LogP contribution in [-0.2, 0) is 4.74 Å². The molecule has 2 rings (SSSR count). The molecule has 0 aromatic heterocycles. The van der Waals surface area contributed by atoms with Crippen LogP contribution in [0.5, 0.6) is 0 Å². The predicted molar refractivity (Wildman–Crippen MR) is 74.5 cm³/mol. The Morgan fingerprint density at radius 3 is 3.05 bits per heavy atom. The van der Waals surface area contributed by atoms with E-state index in [9.17, 15) is 4.39 Å². The summed E-state index contributed by atoms with van der Waals surface area (Å²) < 4.78 is 19.1. The van der Waals surface area contributed by atoms with E-state index in [0.29, 0.717) is 6.54 Å². The molecule has 1 saturated heterocycles. The third-order valence-corrected chi connectivity index (χ3v) is 3.75. The fraction of sp³-hybridized carbons (Fsp3) is 0.600. The van der Waals surface area contributed by atoms with Crippen molar-refractivity contribution in [2.75, 3.05) is 26.2 Å². The highest BCUT2D eigenvalue weighted by molar-refractivity contribution is 5.30. The Balaban J connectivity index is 2.25. The van der Waals surface area contributed by atoms with E-state index >= 15 is 0 Å². The third kappa shape index (κ3) is 3.53. The van der Waals surface area contributed by atoms with Gasteiger partial charge in [-0.15, -0.1) is 0 Å². The summed E-state index contributed by atoms with van der Waals surface area (Å²) in [5.41, 5.74) is 8.04. The zero-order valence-electron chi connectivity index (χ0n) is 11.7. The molecule has 1 aromatic carbocycles. The van der Waals surface area contributed by atoms with E-state index in [1.165, 1.54) is 6.07 Å². The van der Waals surface area contributed by atoms with E-state index in [1.54, 1.807) is 6.07 Å². The minimum atomic E-state index is -0.196. The van der Waals surface area contributed by atoms with Gasteiger partial charge in [0.1, 0.15) is 5.82 Å². The van der Waals surface area contributed by atoms with Crippen LogP contribution in [0.2, 0.25) is 0 Å². The Morgan fingerprint density at radius 1 is 1.53 bits per heavy atom. The fourth-order valence-electron chi connectivity index (χ4n) is 2.75. The maximum Gasteiger partial charge on any atom is 0.123 e. The zero-order chi connectivity index (χ0) is 13.8. The van der Waals surface area contributed by atoms with E-state index in [0.717, 1.165) is 37.2 Å². The molecular weight excluding hydrogens is 243 g/mol. The Labute approximate surface area is 114 Å². The molecular formula is C15H23FN2O. The standard InChI is InChI=1S/C15H23FN2O/c1-11-4-5-13(16)8-14(11)15(9-17)18-6-3-7-19-12(2)10-18/h4-5,8,12,15H,3,6-7,9-10,17H2,1-2H3. The van der Waals surface area contributed by atoms with Gasteiger partial charge in [-0.05, 0) is 43.5 Å². The number of nitrogens with zero attached hydrogens (tertiary/aromatic N) is 1. The molecule has 4 heteroatoms. The molecule has 1 heterocycles. The Bertz CT molecular complexity index is 425. The summed E-state index contributed by atoms with van der Waals surface area (Å²) in [7, 11) is 0. The van der Waals surface area contributed by atoms with Gasteiger partial charge in [0.15, 0.2) is 0 Å². The average Bonchev–Trinajstić information content (AvgIpc) is 2.59. The second-order valence-corrected chi connectivity index (χ2v) is 5.28. The fourth-order valence-corrected chi connectivity index (χ4v) is 2.75. The number of aryl methyl sites for hydroxylation is 1. The van der Waals surface area contributed by atoms with E-state index in [1.807, 2.05) is 13.0 Å². The average molecular weight is 266 g/mol. The topological polar surface area (TPSA) is 38.5 Å². The van der Waals surface area contributed by atoms with Crippen LogP contribution in [0.15, 0.2) is 18.2 Å². The Hall–Kier alpha value is -0.970. The molecule has 1 fully saturated rings. The second-order valence-electron chi connectivity index (χ2n) is 5.28. The lowest BCUT2D eigenvalue weighted by atomic mass is 9.99. The summed E-state index contributed by atoms with van der Waals surface area (Å²) in [5.74, 6) is -0.196. The highest BCUT2D eigenvalue weighted by atomic mass is 19.1. The van der Waals surface area contributed by atoms with Gasteiger partial charge in [-0.1, -0.05) is 6.07 Å². The molecule has 0 spiro atoms. The highest BCUT2D eigenvalue weighted by Crippen LogP contribution is 2.25. The lowest BCUT2D eigenvalue weighted by Gasteiger charge is -2.32. The summed E-state index contributed by atoms with van der Waals surface area (Å²) in [4.78, 5) is 2.32. The first kappa shape index (κ1) is 14.4. The van der Waals surface area contributed by atoms with Crippen molar-refractivity contribution in [3.63, 3.8) is 0 Å². The minimum absolute atomic E-state index is 0.0693. The molecule has 2 unspecified atom stereocenters. The van der Waals surface area contributed by atoms with E-state index in [2.05, 4.69) is 11.8 Å². The van der Waals surface area contributed by atoms with Gasteiger partial charge in [-0.25, -0.2) is 4.39 Å². The number of ether oxygens (including phenoxy) is 1. The van der Waals surface area contributed by atoms with E-state index < -0.39 is 0 Å². The molecule has 1 aromatic rings. The first-order valence-corrected chi connectivity index (χ1v) is 6.93. The van der Waals surface area contributed by atoms with Crippen LogP contribution in [0.1, 0.15) is 30.5 Å². The van der Waals surface area contributed by atoms with E-state index in [-0.39, 0.29) is 18.0 Å². The van der Waals surface area contributed by atoms with Crippen LogP contribution in [0.3, 0.4) is 0 Å². The lowest BCUT2D eigenvalue weighted by molar-refractivity contribution is 0.0611. The largest absolute Gasteiger partial charge is 0.377 e. The maximum absolute atomic E-state index is 13.5. The van der Waals surface area contributed by atoms with Crippen LogP contribution in [-0.4, -0.2) is 37.2 Å². The van der Waals surface area contributed by atoms with Gasteiger partial charge in [-0.2, -0.15) is 0 Å². The van der Waals surface area contributed by atoms with Crippen LogP contribution < -0.4 is 5.73 Å². The quantitative estimate of drug-likeness (QED) is 0.912. The number of hydrogen-bond acceptors (Lipinski definition) is 3. The first-order chi connectivity index (χ1) is 9.11. The van der Waals surface area contributed by atoms with Gasteiger partial charge in [0.05, 0.1) is 6.10 Å². The first-order valence-electron chi connectivity index (χ1n) is 6.93. The van der Waals surface area contributed by atoms with Crippen molar-refractivity contribution in [1.82, 2.24) is 4.90 Å². The molecule has 0 radical (unpaired) electrons. The molecule has 106 valence electrons. The van der Waals surface area contributed by atoms with Crippen molar-refractivity contribution in [2.45, 2.75) is 32.4 Å². The minimum Gasteiger partial charge on any atom is -0.377 e. The van der Waals surface area contributed by atoms with Gasteiger partial charge in [0.2, 0.25) is 0 Å². The molecule has 2 atom stereocenters. The van der Waals surface area contributed by atoms with Crippen LogP contribution >= 0.6 is 0 Å². The summed E-state index contributed by atoms with van der Waals surface area (Å²) in [6.07, 6.45) is 1.19. The summed E-state index contributed by atoms with van der Waals surface area (Å²) >= 11 is 0. The predicted octanol–water partition coefficient (Wildman–Crippen LogP) is 2.24. The number of halogens is 1. The van der Waals surface area contributed by atoms with Gasteiger partial charge in [0.25, 0.3) is 0 Å². The molecule has 1 aliphatic heterocycles. The molecule has 0 aliphatic carbocycles. The van der Waals surface area contributed by atoms with Crippen molar-refractivity contribution < 1.29 is 9.13 Å². The lowest BCUT2D eigenvalue weighted by Crippen LogP contribution is -2.38. The number of rotatable bonds is 3. The molecule has 2 N–H and O–H groups in total. The van der Waals surface area contributed by atoms with Crippen molar-refractivity contribution >= 4 is 0 Å². The van der Waals surface area contributed by atoms with Crippen molar-refractivity contribution in [1.29, 1.82) is 0 Å². The van der Waals surface area contributed by atoms with Gasteiger partial charge < -0.3 is 10.5 Å². The van der Waals surface area contributed by atoms with Crippen LogP contribution in [0.4, 0.5) is 4.39 Å². The number of nitrogens with two attached hydrogens (primary N) is 1. The molecule has 3 nitrogen and oxygen atoms in total. The molecule has 0 saturated carbocycles. The Morgan fingerprint density at radius 2 is 2.32 bits per heavy atom. The van der Waals surface area contributed by atoms with Crippen LogP contribution in [0, 0.1) is 12.7 Å². The maximum atomic E-state index is 13.5. The van der Waals surface area contributed by atoms with Gasteiger partial charge in [-0.3, -0.25) is 4.90 Å². The van der Waals surface area contributed by atoms with Crippen molar-refractivity contribution in [2.24, 2.45) is 5.73 Å². The van der Waals surface area contributed by atoms with Gasteiger partial charge in [0, 0.05) is 32.3 Å².